The van der Waals surface area contributed by atoms with Gasteiger partial charge < -0.3 is 10.4 Å². The molecule has 3 aromatic rings. The Morgan fingerprint density at radius 2 is 1.96 bits per heavy atom. The third kappa shape index (κ3) is 3.56. The van der Waals surface area contributed by atoms with Crippen LogP contribution in [0.25, 0.3) is 0 Å². The van der Waals surface area contributed by atoms with Crippen LogP contribution in [0.1, 0.15) is 26.4 Å². The van der Waals surface area contributed by atoms with E-state index in [9.17, 15) is 9.59 Å². The van der Waals surface area contributed by atoms with Gasteiger partial charge in [0.25, 0.3) is 5.91 Å². The third-order valence-corrected chi connectivity index (χ3v) is 4.27. The van der Waals surface area contributed by atoms with Crippen molar-refractivity contribution >= 4 is 40.9 Å². The van der Waals surface area contributed by atoms with Crippen molar-refractivity contribution in [2.75, 3.05) is 5.32 Å². The fraction of sp³-hybridized carbons (Fsp3) is 0.125. The maximum atomic E-state index is 12.4. The topological polar surface area (TPSA) is 102 Å². The normalized spacial score (nSPS) is 10.7. The predicted octanol–water partition coefficient (Wildman–Crippen LogP) is 2.92. The zero-order valence-corrected chi connectivity index (χ0v) is 15.0. The summed E-state index contributed by atoms with van der Waals surface area (Å²) in [5.41, 5.74) is 0.525. The first-order valence-corrected chi connectivity index (χ1v) is 8.15. The van der Waals surface area contributed by atoms with Crippen LogP contribution >= 0.6 is 23.2 Å². The second kappa shape index (κ2) is 7.19. The van der Waals surface area contributed by atoms with E-state index in [4.69, 9.17) is 28.3 Å². The number of hydrogen-bond acceptors (Lipinski definition) is 4. The molecule has 3 rings (SSSR count). The lowest BCUT2D eigenvalue weighted by Gasteiger charge is -2.05. The number of nitrogens with zero attached hydrogens (tertiary/aromatic N) is 4. The summed E-state index contributed by atoms with van der Waals surface area (Å²) in [7, 11) is 1.47. The lowest BCUT2D eigenvalue weighted by molar-refractivity contribution is 0.0692. The van der Waals surface area contributed by atoms with Crippen LogP contribution < -0.4 is 5.32 Å². The summed E-state index contributed by atoms with van der Waals surface area (Å²) in [6, 6.07) is 7.29. The van der Waals surface area contributed by atoms with Crippen LogP contribution in [0.2, 0.25) is 10.0 Å². The van der Waals surface area contributed by atoms with Crippen molar-refractivity contribution in [3.8, 4) is 0 Å². The van der Waals surface area contributed by atoms with E-state index in [0.29, 0.717) is 11.6 Å². The lowest BCUT2D eigenvalue weighted by atomic mass is 10.2. The highest BCUT2D eigenvalue weighted by molar-refractivity contribution is 6.33. The molecule has 0 saturated heterocycles. The van der Waals surface area contributed by atoms with Gasteiger partial charge in [0.1, 0.15) is 16.3 Å². The van der Waals surface area contributed by atoms with Gasteiger partial charge in [0.15, 0.2) is 5.82 Å². The van der Waals surface area contributed by atoms with Crippen molar-refractivity contribution in [2.45, 2.75) is 6.54 Å². The Balaban J connectivity index is 1.82. The molecule has 134 valence electrons. The number of benzene rings is 1. The largest absolute Gasteiger partial charge is 0.478 e. The molecule has 0 saturated carbocycles. The summed E-state index contributed by atoms with van der Waals surface area (Å²) in [6.07, 6.45) is 2.65. The van der Waals surface area contributed by atoms with Crippen LogP contribution in [-0.4, -0.2) is 36.5 Å². The molecule has 1 amide bonds. The molecule has 0 aliphatic heterocycles. The van der Waals surface area contributed by atoms with E-state index in [0.717, 1.165) is 11.8 Å². The van der Waals surface area contributed by atoms with Gasteiger partial charge in [-0.3, -0.25) is 14.2 Å². The van der Waals surface area contributed by atoms with E-state index in [1.807, 2.05) is 18.2 Å². The number of carbonyl (C=O) groups excluding carboxylic acids is 1. The first kappa shape index (κ1) is 18.0. The van der Waals surface area contributed by atoms with E-state index >= 15 is 0 Å². The molecular weight excluding hydrogens is 381 g/mol. The summed E-state index contributed by atoms with van der Waals surface area (Å²) in [6.45, 7) is 0.362. The van der Waals surface area contributed by atoms with Crippen molar-refractivity contribution in [1.29, 1.82) is 0 Å². The Kier molecular flexibility index (Phi) is 4.97. The molecule has 2 heterocycles. The number of anilines is 1. The van der Waals surface area contributed by atoms with Gasteiger partial charge in [0.05, 0.1) is 12.7 Å². The number of carbonyl (C=O) groups is 2. The highest BCUT2D eigenvalue weighted by Crippen LogP contribution is 2.23. The minimum absolute atomic E-state index is 0.103. The predicted molar refractivity (Wildman–Crippen MR) is 95.9 cm³/mol. The molecule has 0 spiro atoms. The summed E-state index contributed by atoms with van der Waals surface area (Å²) in [4.78, 5) is 23.6. The number of nitrogens with one attached hydrogen (secondary N) is 1. The van der Waals surface area contributed by atoms with Crippen molar-refractivity contribution in [3.05, 3.63) is 63.5 Å². The minimum Gasteiger partial charge on any atom is -0.478 e. The zero-order chi connectivity index (χ0) is 18.8. The number of aromatic nitrogens is 4. The maximum Gasteiger partial charge on any atom is 0.339 e. The Bertz CT molecular complexity index is 996. The molecule has 10 heteroatoms. The molecule has 0 aliphatic carbocycles. The van der Waals surface area contributed by atoms with Crippen molar-refractivity contribution in [3.63, 3.8) is 0 Å². The average molecular weight is 394 g/mol. The first-order chi connectivity index (χ1) is 12.4. The fourth-order valence-electron chi connectivity index (χ4n) is 2.39. The van der Waals surface area contributed by atoms with Crippen LogP contribution in [-0.2, 0) is 13.6 Å². The quantitative estimate of drug-likeness (QED) is 0.693. The van der Waals surface area contributed by atoms with E-state index < -0.39 is 11.9 Å². The van der Waals surface area contributed by atoms with Gasteiger partial charge in [0, 0.05) is 18.3 Å². The zero-order valence-electron chi connectivity index (χ0n) is 13.5. The van der Waals surface area contributed by atoms with Gasteiger partial charge in [-0.25, -0.2) is 4.79 Å². The van der Waals surface area contributed by atoms with Crippen LogP contribution in [0.4, 0.5) is 5.82 Å². The highest BCUT2D eigenvalue weighted by atomic mass is 35.5. The van der Waals surface area contributed by atoms with Gasteiger partial charge in [0.2, 0.25) is 0 Å². The highest BCUT2D eigenvalue weighted by Gasteiger charge is 2.23. The summed E-state index contributed by atoms with van der Waals surface area (Å²) in [5, 5.41) is 20.5. The standard InChI is InChI=1S/C16H13Cl2N5O3/c1-22-13(10(6-19-22)16(25)26)15(24)20-14-12(18)8-23(21-14)7-9-4-2-3-5-11(9)17/h2-6,8H,7H2,1H3,(H,25,26)(H,20,21,24). The molecule has 1 aromatic carbocycles. The summed E-state index contributed by atoms with van der Waals surface area (Å²) >= 11 is 12.3. The molecule has 8 nitrogen and oxygen atoms in total. The molecule has 0 unspecified atom stereocenters. The molecule has 0 aliphatic rings. The molecule has 0 bridgehead atoms. The molecule has 2 N–H and O–H groups in total. The summed E-state index contributed by atoms with van der Waals surface area (Å²) in [5.74, 6) is -1.81. The summed E-state index contributed by atoms with van der Waals surface area (Å²) < 4.78 is 2.70. The number of carboxylic acid groups (broad SMARTS) is 1. The van der Waals surface area contributed by atoms with Crippen LogP contribution in [0.5, 0.6) is 0 Å². The van der Waals surface area contributed by atoms with Crippen LogP contribution in [0, 0.1) is 0 Å². The second-order valence-corrected chi connectivity index (χ2v) is 6.22. The van der Waals surface area contributed by atoms with Crippen molar-refractivity contribution in [1.82, 2.24) is 19.6 Å². The first-order valence-electron chi connectivity index (χ1n) is 7.40. The van der Waals surface area contributed by atoms with Crippen LogP contribution in [0.15, 0.2) is 36.7 Å². The molecular formula is C16H13Cl2N5O3. The number of rotatable bonds is 5. The van der Waals surface area contributed by atoms with E-state index in [1.165, 1.54) is 16.4 Å². The van der Waals surface area contributed by atoms with E-state index in [1.54, 1.807) is 12.3 Å². The number of halogens is 2. The lowest BCUT2D eigenvalue weighted by Crippen LogP contribution is -2.20. The number of hydrogen-bond donors (Lipinski definition) is 2. The van der Waals surface area contributed by atoms with Gasteiger partial charge in [-0.15, -0.1) is 0 Å². The van der Waals surface area contributed by atoms with Crippen molar-refractivity contribution < 1.29 is 14.7 Å². The molecule has 26 heavy (non-hydrogen) atoms. The number of aryl methyl sites for hydroxylation is 1. The van der Waals surface area contributed by atoms with Gasteiger partial charge >= 0.3 is 5.97 Å². The maximum absolute atomic E-state index is 12.4. The molecule has 0 atom stereocenters. The van der Waals surface area contributed by atoms with E-state index in [-0.39, 0.29) is 22.1 Å². The fourth-order valence-corrected chi connectivity index (χ4v) is 2.79. The van der Waals surface area contributed by atoms with E-state index in [2.05, 4.69) is 15.5 Å². The number of aromatic carboxylic acids is 1. The Morgan fingerprint density at radius 3 is 2.65 bits per heavy atom. The minimum atomic E-state index is -1.25. The van der Waals surface area contributed by atoms with Gasteiger partial charge in [-0.05, 0) is 11.6 Å². The average Bonchev–Trinajstić information content (AvgIpc) is 3.13. The second-order valence-electron chi connectivity index (χ2n) is 5.40. The Labute approximate surface area is 157 Å². The monoisotopic (exact) mass is 393 g/mol. The van der Waals surface area contributed by atoms with Crippen molar-refractivity contribution in [2.24, 2.45) is 7.05 Å². The Morgan fingerprint density at radius 1 is 1.23 bits per heavy atom. The Hall–Kier alpha value is -2.84. The number of carboxylic acids is 1. The number of amides is 1. The molecule has 0 fully saturated rings. The smallest absolute Gasteiger partial charge is 0.339 e. The van der Waals surface area contributed by atoms with Gasteiger partial charge in [-0.1, -0.05) is 41.4 Å². The SMILES string of the molecule is Cn1ncc(C(=O)O)c1C(=O)Nc1nn(Cc2ccccc2Cl)cc1Cl. The van der Waals surface area contributed by atoms with Gasteiger partial charge in [-0.2, -0.15) is 10.2 Å². The third-order valence-electron chi connectivity index (χ3n) is 3.62. The molecule has 2 aromatic heterocycles. The molecule has 0 radical (unpaired) electrons. The van der Waals surface area contributed by atoms with Crippen LogP contribution in [0.3, 0.4) is 0 Å².